The second-order valence-corrected chi connectivity index (χ2v) is 7.41. The molecule has 0 spiro atoms. The van der Waals surface area contributed by atoms with Crippen molar-refractivity contribution in [1.29, 1.82) is 0 Å². The van der Waals surface area contributed by atoms with Crippen LogP contribution in [0.5, 0.6) is 0 Å². The summed E-state index contributed by atoms with van der Waals surface area (Å²) in [5, 5.41) is 13.4. The van der Waals surface area contributed by atoms with Crippen molar-refractivity contribution in [2.75, 3.05) is 13.2 Å². The number of hydrogen-bond acceptors (Lipinski definition) is 4. The maximum Gasteiger partial charge on any atom is 0.277 e. The lowest BCUT2D eigenvalue weighted by Gasteiger charge is -2.15. The van der Waals surface area contributed by atoms with Gasteiger partial charge in [-0.2, -0.15) is 24.5 Å². The molecule has 0 fully saturated rings. The average molecular weight is 340 g/mol. The van der Waals surface area contributed by atoms with Crippen LogP contribution in [0.4, 0.5) is 0 Å². The molecule has 1 heterocycles. The van der Waals surface area contributed by atoms with Gasteiger partial charge in [-0.05, 0) is 40.3 Å². The van der Waals surface area contributed by atoms with Crippen LogP contribution < -0.4 is 9.44 Å². The van der Waals surface area contributed by atoms with Crippen LogP contribution in [0.1, 0.15) is 11.1 Å². The van der Waals surface area contributed by atoms with E-state index < -0.39 is 10.2 Å². The highest BCUT2D eigenvalue weighted by Gasteiger charge is 2.14. The van der Waals surface area contributed by atoms with Crippen LogP contribution >= 0.6 is 11.3 Å². The van der Waals surface area contributed by atoms with Crippen molar-refractivity contribution in [1.82, 2.24) is 9.44 Å². The van der Waals surface area contributed by atoms with Crippen LogP contribution in [0, 0.1) is 5.92 Å². The maximum atomic E-state index is 11.9. The molecule has 0 amide bonds. The van der Waals surface area contributed by atoms with Crippen molar-refractivity contribution in [2.24, 2.45) is 5.92 Å². The molecule has 0 aliphatic rings. The molecule has 1 aromatic carbocycles. The SMILES string of the molecule is O=S(=O)(NCc1ccccc1)NC[C@H](CO)Cc1ccsc1. The van der Waals surface area contributed by atoms with Crippen molar-refractivity contribution in [3.05, 3.63) is 58.3 Å². The molecule has 22 heavy (non-hydrogen) atoms. The predicted molar refractivity (Wildman–Crippen MR) is 88.8 cm³/mol. The summed E-state index contributed by atoms with van der Waals surface area (Å²) < 4.78 is 28.8. The largest absolute Gasteiger partial charge is 0.396 e. The normalized spacial score (nSPS) is 13.1. The zero-order chi connectivity index (χ0) is 15.8. The van der Waals surface area contributed by atoms with E-state index in [9.17, 15) is 13.5 Å². The quantitative estimate of drug-likeness (QED) is 0.648. The van der Waals surface area contributed by atoms with Gasteiger partial charge < -0.3 is 5.11 Å². The van der Waals surface area contributed by atoms with Crippen LogP contribution in [0.15, 0.2) is 47.2 Å². The third-order valence-corrected chi connectivity index (χ3v) is 5.04. The minimum absolute atomic E-state index is 0.0585. The van der Waals surface area contributed by atoms with Crippen LogP contribution in [0.2, 0.25) is 0 Å². The van der Waals surface area contributed by atoms with Gasteiger partial charge in [-0.1, -0.05) is 30.3 Å². The van der Waals surface area contributed by atoms with Gasteiger partial charge >= 0.3 is 0 Å². The molecule has 2 rings (SSSR count). The average Bonchev–Trinajstić information content (AvgIpc) is 3.03. The van der Waals surface area contributed by atoms with Crippen molar-refractivity contribution in [3.8, 4) is 0 Å². The predicted octanol–water partition coefficient (Wildman–Crippen LogP) is 1.52. The fraction of sp³-hybridized carbons (Fsp3) is 0.333. The summed E-state index contributed by atoms with van der Waals surface area (Å²) in [5.41, 5.74) is 2.00. The van der Waals surface area contributed by atoms with Gasteiger partial charge in [-0.25, -0.2) is 4.72 Å². The van der Waals surface area contributed by atoms with Crippen molar-refractivity contribution in [3.63, 3.8) is 0 Å². The highest BCUT2D eigenvalue weighted by atomic mass is 32.2. The zero-order valence-electron chi connectivity index (χ0n) is 12.1. The first kappa shape index (κ1) is 17.1. The molecule has 3 N–H and O–H groups in total. The first-order valence-electron chi connectivity index (χ1n) is 6.99. The Bertz CT molecular complexity index is 643. The van der Waals surface area contributed by atoms with E-state index in [4.69, 9.17) is 0 Å². The molecule has 2 aromatic rings. The molecule has 1 atom stereocenters. The van der Waals surface area contributed by atoms with Gasteiger partial charge in [0.25, 0.3) is 10.2 Å². The molecule has 0 unspecified atom stereocenters. The summed E-state index contributed by atoms with van der Waals surface area (Å²) in [6.07, 6.45) is 0.654. The fourth-order valence-corrected chi connectivity index (χ4v) is 3.59. The van der Waals surface area contributed by atoms with Gasteiger partial charge in [0.2, 0.25) is 0 Å². The summed E-state index contributed by atoms with van der Waals surface area (Å²) in [6, 6.07) is 11.3. The van der Waals surface area contributed by atoms with E-state index in [0.29, 0.717) is 6.42 Å². The molecule has 0 radical (unpaired) electrons. The van der Waals surface area contributed by atoms with Gasteiger partial charge in [0.05, 0.1) is 0 Å². The summed E-state index contributed by atoms with van der Waals surface area (Å²) in [5.74, 6) is -0.136. The van der Waals surface area contributed by atoms with Gasteiger partial charge in [-0.15, -0.1) is 0 Å². The molecule has 5 nitrogen and oxygen atoms in total. The highest BCUT2D eigenvalue weighted by Crippen LogP contribution is 2.12. The van der Waals surface area contributed by atoms with E-state index in [0.717, 1.165) is 11.1 Å². The second-order valence-electron chi connectivity index (χ2n) is 5.04. The molecule has 0 saturated heterocycles. The van der Waals surface area contributed by atoms with Crippen molar-refractivity contribution in [2.45, 2.75) is 13.0 Å². The van der Waals surface area contributed by atoms with E-state index in [2.05, 4.69) is 9.44 Å². The van der Waals surface area contributed by atoms with E-state index in [-0.39, 0.29) is 25.6 Å². The van der Waals surface area contributed by atoms with E-state index in [1.54, 1.807) is 11.3 Å². The Balaban J connectivity index is 1.80. The summed E-state index contributed by atoms with van der Waals surface area (Å²) >= 11 is 1.59. The lowest BCUT2D eigenvalue weighted by atomic mass is 10.0. The Morgan fingerprint density at radius 1 is 1.09 bits per heavy atom. The summed E-state index contributed by atoms with van der Waals surface area (Å²) in [7, 11) is -3.57. The van der Waals surface area contributed by atoms with Gasteiger partial charge in [0, 0.05) is 19.7 Å². The third-order valence-electron chi connectivity index (χ3n) is 3.23. The minimum atomic E-state index is -3.57. The first-order chi connectivity index (χ1) is 10.6. The lowest BCUT2D eigenvalue weighted by molar-refractivity contribution is 0.227. The molecule has 0 bridgehead atoms. The Morgan fingerprint density at radius 2 is 1.86 bits per heavy atom. The number of aliphatic hydroxyl groups excluding tert-OH is 1. The molecular weight excluding hydrogens is 320 g/mol. The van der Waals surface area contributed by atoms with Gasteiger partial charge in [0.15, 0.2) is 0 Å². The molecule has 1 aromatic heterocycles. The molecule has 7 heteroatoms. The van der Waals surface area contributed by atoms with Gasteiger partial charge in [-0.3, -0.25) is 0 Å². The molecule has 0 saturated carbocycles. The molecular formula is C15H20N2O3S2. The minimum Gasteiger partial charge on any atom is -0.396 e. The highest BCUT2D eigenvalue weighted by molar-refractivity contribution is 7.87. The van der Waals surface area contributed by atoms with E-state index in [1.165, 1.54) is 0 Å². The van der Waals surface area contributed by atoms with Gasteiger partial charge in [0.1, 0.15) is 0 Å². The molecule has 0 aliphatic heterocycles. The smallest absolute Gasteiger partial charge is 0.277 e. The number of hydrogen-bond donors (Lipinski definition) is 3. The summed E-state index contributed by atoms with van der Waals surface area (Å²) in [6.45, 7) is 0.387. The third kappa shape index (κ3) is 5.86. The zero-order valence-corrected chi connectivity index (χ0v) is 13.7. The van der Waals surface area contributed by atoms with Crippen LogP contribution in [0.25, 0.3) is 0 Å². The Hall–Kier alpha value is -1.25. The first-order valence-corrected chi connectivity index (χ1v) is 9.42. The van der Waals surface area contributed by atoms with Crippen LogP contribution in [-0.4, -0.2) is 26.7 Å². The number of benzene rings is 1. The van der Waals surface area contributed by atoms with Crippen molar-refractivity contribution >= 4 is 21.5 Å². The Kier molecular flexibility index (Phi) is 6.53. The summed E-state index contributed by atoms with van der Waals surface area (Å²) in [4.78, 5) is 0. The van der Waals surface area contributed by atoms with Crippen LogP contribution in [-0.2, 0) is 23.2 Å². The van der Waals surface area contributed by atoms with E-state index in [1.807, 2.05) is 47.2 Å². The standard InChI is InChI=1S/C15H20N2O3S2/c18-11-15(8-14-6-7-21-12-14)10-17-22(19,20)16-9-13-4-2-1-3-5-13/h1-7,12,15-18H,8-11H2/t15-/m1/s1. The Labute approximate surface area is 135 Å². The monoisotopic (exact) mass is 340 g/mol. The second kappa shape index (κ2) is 8.40. The molecule has 120 valence electrons. The number of aliphatic hydroxyl groups is 1. The topological polar surface area (TPSA) is 78.4 Å². The fourth-order valence-electron chi connectivity index (χ4n) is 2.00. The lowest BCUT2D eigenvalue weighted by Crippen LogP contribution is -2.39. The number of nitrogens with one attached hydrogen (secondary N) is 2. The molecule has 0 aliphatic carbocycles. The van der Waals surface area contributed by atoms with Crippen LogP contribution in [0.3, 0.4) is 0 Å². The number of rotatable bonds is 9. The Morgan fingerprint density at radius 3 is 2.50 bits per heavy atom. The van der Waals surface area contributed by atoms with Crippen molar-refractivity contribution < 1.29 is 13.5 Å². The number of thiophene rings is 1. The maximum absolute atomic E-state index is 11.9. The van der Waals surface area contributed by atoms with E-state index >= 15 is 0 Å².